The minimum absolute atomic E-state index is 0.138. The summed E-state index contributed by atoms with van der Waals surface area (Å²) in [4.78, 5) is 10.1. The normalized spacial score (nSPS) is 15.9. The topological polar surface area (TPSA) is 43.1 Å². The zero-order valence-corrected chi connectivity index (χ0v) is 9.63. The molecule has 0 aromatic heterocycles. The smallest absolute Gasteiger partial charge is 0.258 e. The van der Waals surface area contributed by atoms with Gasteiger partial charge in [0.15, 0.2) is 0 Å². The van der Waals surface area contributed by atoms with Gasteiger partial charge in [0.25, 0.3) is 5.69 Å². The molecule has 0 atom stereocenters. The number of non-ortho nitro benzene ring substituents is 1. The Labute approximate surface area is 101 Å². The van der Waals surface area contributed by atoms with E-state index in [0.29, 0.717) is 0 Å². The molecule has 0 aliphatic heterocycles. The van der Waals surface area contributed by atoms with Crippen LogP contribution >= 0.6 is 0 Å². The lowest BCUT2D eigenvalue weighted by Gasteiger charge is -2.07. The van der Waals surface area contributed by atoms with Gasteiger partial charge in [-0.3, -0.25) is 10.1 Å². The first-order valence-electron chi connectivity index (χ1n) is 5.87. The molecule has 0 spiro atoms. The quantitative estimate of drug-likeness (QED) is 0.578. The van der Waals surface area contributed by atoms with Crippen LogP contribution in [0.4, 0.5) is 5.69 Å². The number of nitro groups is 1. The van der Waals surface area contributed by atoms with E-state index in [1.807, 2.05) is 6.08 Å². The van der Waals surface area contributed by atoms with Gasteiger partial charge in [-0.05, 0) is 43.4 Å². The largest absolute Gasteiger partial charge is 0.269 e. The number of rotatable bonds is 3. The highest BCUT2D eigenvalue weighted by atomic mass is 16.6. The molecule has 2 rings (SSSR count). The lowest BCUT2D eigenvalue weighted by atomic mass is 9.99. The Bertz CT molecular complexity index is 458. The fraction of sp³-hybridized carbons (Fsp3) is 0.286. The summed E-state index contributed by atoms with van der Waals surface area (Å²) in [6, 6.07) is 6.62. The fourth-order valence-electron chi connectivity index (χ4n) is 1.92. The highest BCUT2D eigenvalue weighted by Gasteiger charge is 2.03. The summed E-state index contributed by atoms with van der Waals surface area (Å²) in [5.41, 5.74) is 2.51. The maximum absolute atomic E-state index is 10.5. The van der Waals surface area contributed by atoms with Gasteiger partial charge in [-0.25, -0.2) is 0 Å². The van der Waals surface area contributed by atoms with E-state index in [4.69, 9.17) is 0 Å². The molecule has 0 N–H and O–H groups in total. The Morgan fingerprint density at radius 3 is 2.47 bits per heavy atom. The maximum Gasteiger partial charge on any atom is 0.269 e. The Hall–Kier alpha value is -1.90. The third-order valence-corrected chi connectivity index (χ3v) is 2.92. The summed E-state index contributed by atoms with van der Waals surface area (Å²) in [5.74, 6) is 0. The Balaban J connectivity index is 2.05. The predicted octanol–water partition coefficient (Wildman–Crippen LogP) is 4.11. The second kappa shape index (κ2) is 5.43. The fourth-order valence-corrected chi connectivity index (χ4v) is 1.92. The molecule has 0 saturated heterocycles. The molecular formula is C14H15NO2. The van der Waals surface area contributed by atoms with Gasteiger partial charge in [-0.2, -0.15) is 0 Å². The van der Waals surface area contributed by atoms with Crippen LogP contribution in [-0.2, 0) is 0 Å². The Morgan fingerprint density at radius 2 is 1.88 bits per heavy atom. The van der Waals surface area contributed by atoms with Crippen LogP contribution in [0.25, 0.3) is 6.08 Å². The second-order valence-corrected chi connectivity index (χ2v) is 4.21. The Morgan fingerprint density at radius 1 is 1.12 bits per heavy atom. The van der Waals surface area contributed by atoms with E-state index in [-0.39, 0.29) is 10.6 Å². The zero-order valence-electron chi connectivity index (χ0n) is 9.63. The third kappa shape index (κ3) is 3.28. The van der Waals surface area contributed by atoms with Crippen molar-refractivity contribution in [2.24, 2.45) is 0 Å². The van der Waals surface area contributed by atoms with E-state index < -0.39 is 0 Å². The predicted molar refractivity (Wildman–Crippen MR) is 68.7 cm³/mol. The van der Waals surface area contributed by atoms with E-state index in [0.717, 1.165) is 12.0 Å². The van der Waals surface area contributed by atoms with Crippen LogP contribution in [0.15, 0.2) is 42.0 Å². The number of hydrogen-bond donors (Lipinski definition) is 0. The number of hydrogen-bond acceptors (Lipinski definition) is 2. The van der Waals surface area contributed by atoms with E-state index in [1.54, 1.807) is 12.1 Å². The minimum Gasteiger partial charge on any atom is -0.258 e. The molecule has 0 bridgehead atoms. The highest BCUT2D eigenvalue weighted by Crippen LogP contribution is 2.20. The maximum atomic E-state index is 10.5. The number of benzene rings is 1. The molecule has 1 aromatic rings. The zero-order chi connectivity index (χ0) is 12.1. The van der Waals surface area contributed by atoms with Crippen molar-refractivity contribution in [3.8, 4) is 0 Å². The second-order valence-electron chi connectivity index (χ2n) is 4.21. The average Bonchev–Trinajstić information content (AvgIpc) is 2.38. The van der Waals surface area contributed by atoms with Crippen molar-refractivity contribution in [3.05, 3.63) is 57.7 Å². The summed E-state index contributed by atoms with van der Waals surface area (Å²) in [7, 11) is 0. The van der Waals surface area contributed by atoms with Gasteiger partial charge in [-0.1, -0.05) is 23.8 Å². The molecule has 0 unspecified atom stereocenters. The summed E-state index contributed by atoms with van der Waals surface area (Å²) >= 11 is 0. The molecule has 0 fully saturated rings. The van der Waals surface area contributed by atoms with Crippen molar-refractivity contribution < 1.29 is 4.92 Å². The third-order valence-electron chi connectivity index (χ3n) is 2.92. The van der Waals surface area contributed by atoms with E-state index in [1.165, 1.54) is 37.0 Å². The lowest BCUT2D eigenvalue weighted by molar-refractivity contribution is -0.384. The standard InChI is InChI=1S/C14H15NO2/c16-15(17)14-10-8-13(9-11-14)7-6-12-4-2-1-3-5-12/h4,6-11H,1-3,5H2/b7-6+. The van der Waals surface area contributed by atoms with Crippen LogP contribution in [0.5, 0.6) is 0 Å². The van der Waals surface area contributed by atoms with Crippen molar-refractivity contribution >= 4 is 11.8 Å². The molecule has 1 aromatic carbocycles. The number of nitrogens with zero attached hydrogens (tertiary/aromatic N) is 1. The molecule has 3 heteroatoms. The van der Waals surface area contributed by atoms with Crippen molar-refractivity contribution in [2.45, 2.75) is 25.7 Å². The van der Waals surface area contributed by atoms with Crippen LogP contribution in [-0.4, -0.2) is 4.92 Å². The van der Waals surface area contributed by atoms with Gasteiger partial charge in [0.2, 0.25) is 0 Å². The first-order valence-corrected chi connectivity index (χ1v) is 5.87. The lowest BCUT2D eigenvalue weighted by Crippen LogP contribution is -1.88. The Kier molecular flexibility index (Phi) is 3.70. The minimum atomic E-state index is -0.378. The van der Waals surface area contributed by atoms with Crippen molar-refractivity contribution in [1.82, 2.24) is 0 Å². The van der Waals surface area contributed by atoms with Gasteiger partial charge in [0.1, 0.15) is 0 Å². The van der Waals surface area contributed by atoms with Crippen LogP contribution in [0.3, 0.4) is 0 Å². The van der Waals surface area contributed by atoms with Gasteiger partial charge >= 0.3 is 0 Å². The van der Waals surface area contributed by atoms with Gasteiger partial charge < -0.3 is 0 Å². The molecule has 17 heavy (non-hydrogen) atoms. The van der Waals surface area contributed by atoms with E-state index in [2.05, 4.69) is 12.2 Å². The summed E-state index contributed by atoms with van der Waals surface area (Å²) in [6.45, 7) is 0. The first-order chi connectivity index (χ1) is 8.25. The van der Waals surface area contributed by atoms with E-state index >= 15 is 0 Å². The van der Waals surface area contributed by atoms with Gasteiger partial charge in [0.05, 0.1) is 4.92 Å². The van der Waals surface area contributed by atoms with Gasteiger partial charge in [-0.15, -0.1) is 0 Å². The average molecular weight is 229 g/mol. The SMILES string of the molecule is O=[N+]([O-])c1ccc(/C=C/C2=CCCCC2)cc1. The van der Waals surface area contributed by atoms with Crippen LogP contribution in [0.1, 0.15) is 31.2 Å². The van der Waals surface area contributed by atoms with Crippen LogP contribution in [0.2, 0.25) is 0 Å². The molecule has 1 aliphatic rings. The number of nitro benzene ring substituents is 1. The molecule has 0 heterocycles. The van der Waals surface area contributed by atoms with Crippen molar-refractivity contribution in [3.63, 3.8) is 0 Å². The number of allylic oxidation sites excluding steroid dienone is 3. The summed E-state index contributed by atoms with van der Waals surface area (Å²) < 4.78 is 0. The molecule has 0 radical (unpaired) electrons. The molecular weight excluding hydrogens is 214 g/mol. The van der Waals surface area contributed by atoms with Gasteiger partial charge in [0, 0.05) is 12.1 Å². The molecule has 0 saturated carbocycles. The first kappa shape index (κ1) is 11.6. The molecule has 1 aliphatic carbocycles. The molecule has 88 valence electrons. The monoisotopic (exact) mass is 229 g/mol. The molecule has 3 nitrogen and oxygen atoms in total. The highest BCUT2D eigenvalue weighted by molar-refractivity contribution is 5.54. The summed E-state index contributed by atoms with van der Waals surface area (Å²) in [6.07, 6.45) is 11.3. The van der Waals surface area contributed by atoms with Crippen LogP contribution in [0, 0.1) is 10.1 Å². The van der Waals surface area contributed by atoms with Crippen LogP contribution < -0.4 is 0 Å². The molecule has 0 amide bonds. The van der Waals surface area contributed by atoms with Crippen molar-refractivity contribution in [2.75, 3.05) is 0 Å². The summed E-state index contributed by atoms with van der Waals surface area (Å²) in [5, 5.41) is 10.5. The van der Waals surface area contributed by atoms with Crippen molar-refractivity contribution in [1.29, 1.82) is 0 Å². The van der Waals surface area contributed by atoms with E-state index in [9.17, 15) is 10.1 Å².